The molecule has 0 saturated carbocycles. The zero-order chi connectivity index (χ0) is 9.14. The van der Waals surface area contributed by atoms with Gasteiger partial charge in [0.05, 0.1) is 12.6 Å². The van der Waals surface area contributed by atoms with Crippen molar-refractivity contribution in [3.8, 4) is 0 Å². The molecule has 5 heteroatoms. The van der Waals surface area contributed by atoms with Gasteiger partial charge in [0, 0.05) is 15.3 Å². The number of pyridine rings is 1. The zero-order valence-electron chi connectivity index (χ0n) is 5.92. The summed E-state index contributed by atoms with van der Waals surface area (Å²) < 4.78 is 13.4. The van der Waals surface area contributed by atoms with Crippen molar-refractivity contribution in [2.75, 3.05) is 0 Å². The summed E-state index contributed by atoms with van der Waals surface area (Å²) in [5.74, 6) is -1.61. The highest BCUT2D eigenvalue weighted by Gasteiger charge is 2.10. The van der Waals surface area contributed by atoms with Crippen LogP contribution in [0.4, 0.5) is 4.39 Å². The van der Waals surface area contributed by atoms with E-state index in [1.165, 1.54) is 6.20 Å². The third kappa shape index (κ3) is 2.13. The lowest BCUT2D eigenvalue weighted by molar-refractivity contribution is -0.136. The Morgan fingerprint density at radius 1 is 1.67 bits per heavy atom. The number of carboxylic acid groups (broad SMARTS) is 1. The van der Waals surface area contributed by atoms with Gasteiger partial charge < -0.3 is 5.11 Å². The van der Waals surface area contributed by atoms with Gasteiger partial charge in [-0.15, -0.1) is 0 Å². The lowest BCUT2D eigenvalue weighted by atomic mass is 10.2. The van der Waals surface area contributed by atoms with Crippen LogP contribution in [0.5, 0.6) is 0 Å². The Labute approximate surface area is 81.8 Å². The molecule has 0 aliphatic rings. The molecular weight excluding hydrogens is 276 g/mol. The summed E-state index contributed by atoms with van der Waals surface area (Å²) in [6.07, 6.45) is 2.15. The van der Waals surface area contributed by atoms with Crippen LogP contribution < -0.4 is 0 Å². The number of nitrogens with zero attached hydrogens (tertiary/aromatic N) is 1. The summed E-state index contributed by atoms with van der Waals surface area (Å²) in [5.41, 5.74) is 0.193. The van der Waals surface area contributed by atoms with Crippen LogP contribution in [0.1, 0.15) is 5.56 Å². The first-order chi connectivity index (χ1) is 5.61. The highest BCUT2D eigenvalue weighted by molar-refractivity contribution is 14.1. The van der Waals surface area contributed by atoms with Gasteiger partial charge in [0.2, 0.25) is 0 Å². The van der Waals surface area contributed by atoms with Crippen molar-refractivity contribution in [2.45, 2.75) is 6.42 Å². The second kappa shape index (κ2) is 3.79. The zero-order valence-corrected chi connectivity index (χ0v) is 8.08. The molecule has 0 spiro atoms. The van der Waals surface area contributed by atoms with Crippen LogP contribution in [0.3, 0.4) is 0 Å². The smallest absolute Gasteiger partial charge is 0.307 e. The Morgan fingerprint density at radius 2 is 2.33 bits per heavy atom. The standard InChI is InChI=1S/C7H5FINO2/c8-5-2-10-3-6(9)4(5)1-7(11)12/h2-3H,1H2,(H,11,12). The van der Waals surface area contributed by atoms with Gasteiger partial charge in [-0.3, -0.25) is 9.78 Å². The number of hydrogen-bond donors (Lipinski definition) is 1. The molecule has 0 aliphatic carbocycles. The van der Waals surface area contributed by atoms with Crippen molar-refractivity contribution in [2.24, 2.45) is 0 Å². The molecule has 0 saturated heterocycles. The van der Waals surface area contributed by atoms with E-state index >= 15 is 0 Å². The molecule has 1 aromatic heterocycles. The average molecular weight is 281 g/mol. The number of halogens is 2. The molecular formula is C7H5FINO2. The maximum absolute atomic E-state index is 12.9. The summed E-state index contributed by atoms with van der Waals surface area (Å²) in [6, 6.07) is 0. The summed E-state index contributed by atoms with van der Waals surface area (Å²) >= 11 is 1.85. The molecule has 0 radical (unpaired) electrons. The van der Waals surface area contributed by atoms with E-state index in [4.69, 9.17) is 5.11 Å². The van der Waals surface area contributed by atoms with E-state index in [-0.39, 0.29) is 12.0 Å². The topological polar surface area (TPSA) is 50.2 Å². The SMILES string of the molecule is O=C(O)Cc1c(F)cncc1I. The molecule has 0 atom stereocenters. The van der Waals surface area contributed by atoms with Crippen molar-refractivity contribution < 1.29 is 14.3 Å². The van der Waals surface area contributed by atoms with Gasteiger partial charge in [0.25, 0.3) is 0 Å². The van der Waals surface area contributed by atoms with E-state index in [1.807, 2.05) is 22.6 Å². The number of rotatable bonds is 2. The monoisotopic (exact) mass is 281 g/mol. The normalized spacial score (nSPS) is 9.83. The molecule has 0 bridgehead atoms. The Kier molecular flexibility index (Phi) is 2.96. The van der Waals surface area contributed by atoms with Crippen molar-refractivity contribution in [1.82, 2.24) is 4.98 Å². The largest absolute Gasteiger partial charge is 0.481 e. The van der Waals surface area contributed by atoms with Gasteiger partial charge in [-0.25, -0.2) is 4.39 Å². The quantitative estimate of drug-likeness (QED) is 0.835. The summed E-state index contributed by atoms with van der Waals surface area (Å²) in [4.78, 5) is 13.9. The van der Waals surface area contributed by atoms with E-state index in [0.29, 0.717) is 3.57 Å². The Morgan fingerprint density at radius 3 is 2.83 bits per heavy atom. The van der Waals surface area contributed by atoms with Crippen LogP contribution in [-0.2, 0) is 11.2 Å². The average Bonchev–Trinajstić information content (AvgIpc) is 1.97. The van der Waals surface area contributed by atoms with Crippen molar-refractivity contribution >= 4 is 28.6 Å². The number of aromatic nitrogens is 1. The minimum atomic E-state index is -1.04. The molecule has 1 rings (SSSR count). The third-order valence-electron chi connectivity index (χ3n) is 1.28. The first-order valence-electron chi connectivity index (χ1n) is 3.11. The molecule has 0 fully saturated rings. The minimum absolute atomic E-state index is 0.193. The van der Waals surface area contributed by atoms with Gasteiger partial charge in [-0.2, -0.15) is 0 Å². The Hall–Kier alpha value is -0.720. The Balaban J connectivity index is 3.04. The molecule has 12 heavy (non-hydrogen) atoms. The summed E-state index contributed by atoms with van der Waals surface area (Å²) in [6.45, 7) is 0. The minimum Gasteiger partial charge on any atom is -0.481 e. The lowest BCUT2D eigenvalue weighted by Gasteiger charge is -2.00. The van der Waals surface area contributed by atoms with E-state index in [1.54, 1.807) is 0 Å². The van der Waals surface area contributed by atoms with Crippen molar-refractivity contribution in [3.05, 3.63) is 27.3 Å². The van der Waals surface area contributed by atoms with Crippen molar-refractivity contribution in [1.29, 1.82) is 0 Å². The van der Waals surface area contributed by atoms with E-state index < -0.39 is 11.8 Å². The summed E-state index contributed by atoms with van der Waals surface area (Å²) in [5, 5.41) is 8.43. The van der Waals surface area contributed by atoms with Gasteiger partial charge in [0.1, 0.15) is 5.82 Å². The molecule has 0 aliphatic heterocycles. The van der Waals surface area contributed by atoms with Gasteiger partial charge >= 0.3 is 5.97 Å². The molecule has 1 N–H and O–H groups in total. The lowest BCUT2D eigenvalue weighted by Crippen LogP contribution is -2.05. The van der Waals surface area contributed by atoms with E-state index in [9.17, 15) is 9.18 Å². The van der Waals surface area contributed by atoms with Crippen LogP contribution in [0.2, 0.25) is 0 Å². The second-order valence-electron chi connectivity index (χ2n) is 2.15. The van der Waals surface area contributed by atoms with Gasteiger partial charge in [0.15, 0.2) is 0 Å². The fourth-order valence-electron chi connectivity index (χ4n) is 0.758. The van der Waals surface area contributed by atoms with Crippen LogP contribution in [0.15, 0.2) is 12.4 Å². The maximum atomic E-state index is 12.9. The Bertz CT molecular complexity index is 296. The van der Waals surface area contributed by atoms with E-state index in [0.717, 1.165) is 6.20 Å². The third-order valence-corrected chi connectivity index (χ3v) is 2.21. The first-order valence-corrected chi connectivity index (χ1v) is 4.19. The molecule has 3 nitrogen and oxygen atoms in total. The molecule has 0 amide bonds. The second-order valence-corrected chi connectivity index (χ2v) is 3.31. The molecule has 0 unspecified atom stereocenters. The van der Waals surface area contributed by atoms with Gasteiger partial charge in [-0.1, -0.05) is 0 Å². The maximum Gasteiger partial charge on any atom is 0.307 e. The van der Waals surface area contributed by atoms with Crippen LogP contribution in [0, 0.1) is 9.39 Å². The van der Waals surface area contributed by atoms with Crippen LogP contribution in [-0.4, -0.2) is 16.1 Å². The number of aliphatic carboxylic acids is 1. The molecule has 0 aromatic carbocycles. The summed E-state index contributed by atoms with van der Waals surface area (Å²) in [7, 11) is 0. The highest BCUT2D eigenvalue weighted by Crippen LogP contribution is 2.14. The fraction of sp³-hybridized carbons (Fsp3) is 0.143. The molecule has 1 aromatic rings. The number of carboxylic acids is 1. The van der Waals surface area contributed by atoms with Crippen molar-refractivity contribution in [3.63, 3.8) is 0 Å². The van der Waals surface area contributed by atoms with E-state index in [2.05, 4.69) is 4.98 Å². The van der Waals surface area contributed by atoms with Crippen LogP contribution in [0.25, 0.3) is 0 Å². The number of carbonyl (C=O) groups is 1. The fourth-order valence-corrected chi connectivity index (χ4v) is 1.37. The molecule has 64 valence electrons. The predicted molar refractivity (Wildman–Crippen MR) is 48.3 cm³/mol. The highest BCUT2D eigenvalue weighted by atomic mass is 127. The van der Waals surface area contributed by atoms with Crippen LogP contribution >= 0.6 is 22.6 Å². The van der Waals surface area contributed by atoms with Gasteiger partial charge in [-0.05, 0) is 22.6 Å². The number of hydrogen-bond acceptors (Lipinski definition) is 2. The predicted octanol–water partition coefficient (Wildman–Crippen LogP) is 1.45. The molecule has 1 heterocycles. The first kappa shape index (κ1) is 9.37.